The minimum Gasteiger partial charge on any atom is -0.396 e. The van der Waals surface area contributed by atoms with Crippen molar-refractivity contribution < 1.29 is 27.2 Å². The molecule has 0 N–H and O–H groups in total. The van der Waals surface area contributed by atoms with Gasteiger partial charge in [0, 0.05) is 6.07 Å². The molecular formula is C7H3F4IN2O3. The molecule has 1 rings (SSSR count). The third-order valence-corrected chi connectivity index (χ3v) is 2.25. The number of alkyl halides is 4. The first-order valence-corrected chi connectivity index (χ1v) is 4.98. The molecule has 5 nitrogen and oxygen atoms in total. The third kappa shape index (κ3) is 3.64. The number of rotatable bonds is 3. The van der Waals surface area contributed by atoms with Gasteiger partial charge in [-0.05, 0) is 22.6 Å². The van der Waals surface area contributed by atoms with Crippen LogP contribution >= 0.6 is 22.6 Å². The summed E-state index contributed by atoms with van der Waals surface area (Å²) in [5, 5.41) is 10.5. The molecule has 0 aliphatic heterocycles. The van der Waals surface area contributed by atoms with E-state index in [1.165, 1.54) is 22.6 Å². The summed E-state index contributed by atoms with van der Waals surface area (Å²) < 4.78 is 51.3. The van der Waals surface area contributed by atoms with Crippen LogP contribution in [0.3, 0.4) is 0 Å². The van der Waals surface area contributed by atoms with E-state index in [-0.39, 0.29) is 5.69 Å². The lowest BCUT2D eigenvalue weighted by Crippen LogP contribution is -2.19. The average molecular weight is 366 g/mol. The number of ether oxygens (including phenoxy) is 1. The molecule has 1 heterocycles. The predicted octanol–water partition coefficient (Wildman–Crippen LogP) is 2.96. The molecule has 0 amide bonds. The van der Waals surface area contributed by atoms with Gasteiger partial charge in [0.15, 0.2) is 3.70 Å². The third-order valence-electron chi connectivity index (χ3n) is 1.52. The van der Waals surface area contributed by atoms with Crippen LogP contribution < -0.4 is 4.74 Å². The van der Waals surface area contributed by atoms with Gasteiger partial charge in [-0.3, -0.25) is 10.1 Å². The summed E-state index contributed by atoms with van der Waals surface area (Å²) in [6.45, 7) is -1.12. The van der Waals surface area contributed by atoms with E-state index in [1.54, 1.807) is 0 Å². The van der Waals surface area contributed by atoms with Gasteiger partial charge >= 0.3 is 12.0 Å². The van der Waals surface area contributed by atoms with E-state index < -0.39 is 33.1 Å². The van der Waals surface area contributed by atoms with Crippen molar-refractivity contribution in [2.45, 2.75) is 13.0 Å². The Bertz CT molecular complexity index is 451. The van der Waals surface area contributed by atoms with Gasteiger partial charge in [0.05, 0.1) is 10.6 Å². The van der Waals surface area contributed by atoms with Crippen LogP contribution in [0.4, 0.5) is 23.2 Å². The molecule has 0 fully saturated rings. The smallest absolute Gasteiger partial charge is 0.396 e. The molecule has 0 saturated heterocycles. The molecule has 0 bridgehead atoms. The molecule has 0 radical (unpaired) electrons. The van der Waals surface area contributed by atoms with E-state index in [9.17, 15) is 27.7 Å². The van der Waals surface area contributed by atoms with Crippen molar-refractivity contribution in [3.05, 3.63) is 25.6 Å². The zero-order valence-electron chi connectivity index (χ0n) is 7.79. The van der Waals surface area contributed by atoms with E-state index >= 15 is 0 Å². The SMILES string of the molecule is O=[N+]([O-])c1cc(CF)nc(I)c1OC(F)(F)F. The number of hydrogen-bond acceptors (Lipinski definition) is 4. The highest BCUT2D eigenvalue weighted by Crippen LogP contribution is 2.35. The first kappa shape index (κ1) is 13.9. The summed E-state index contributed by atoms with van der Waals surface area (Å²) in [5.74, 6) is -1.04. The van der Waals surface area contributed by atoms with Crippen molar-refractivity contribution >= 4 is 28.3 Å². The van der Waals surface area contributed by atoms with Crippen LogP contribution in [0.1, 0.15) is 5.69 Å². The molecule has 94 valence electrons. The molecule has 0 aliphatic rings. The van der Waals surface area contributed by atoms with Crippen LogP contribution in [0.25, 0.3) is 0 Å². The molecule has 0 aliphatic carbocycles. The number of nitro groups is 1. The first-order chi connectivity index (χ1) is 7.74. The Morgan fingerprint density at radius 3 is 2.53 bits per heavy atom. The van der Waals surface area contributed by atoms with E-state index in [0.29, 0.717) is 6.07 Å². The Morgan fingerprint density at radius 1 is 1.53 bits per heavy atom. The van der Waals surface area contributed by atoms with Crippen molar-refractivity contribution in [2.24, 2.45) is 0 Å². The standard InChI is InChI=1S/C7H3F4IN2O3/c8-2-3-1-4(14(15)16)5(6(12)13-3)17-7(9,10)11/h1H,2H2. The molecule has 0 saturated carbocycles. The lowest BCUT2D eigenvalue weighted by atomic mass is 10.3. The summed E-state index contributed by atoms with van der Waals surface area (Å²) in [7, 11) is 0. The van der Waals surface area contributed by atoms with Gasteiger partial charge in [-0.15, -0.1) is 13.2 Å². The number of hydrogen-bond donors (Lipinski definition) is 0. The highest BCUT2D eigenvalue weighted by Gasteiger charge is 2.36. The number of pyridine rings is 1. The van der Waals surface area contributed by atoms with Crippen LogP contribution in [0.5, 0.6) is 5.75 Å². The highest BCUT2D eigenvalue weighted by atomic mass is 127. The van der Waals surface area contributed by atoms with E-state index in [4.69, 9.17) is 0 Å². The van der Waals surface area contributed by atoms with Gasteiger partial charge < -0.3 is 4.74 Å². The molecule has 10 heteroatoms. The summed E-state index contributed by atoms with van der Waals surface area (Å²) in [5.41, 5.74) is -1.31. The van der Waals surface area contributed by atoms with Crippen molar-refractivity contribution in [1.29, 1.82) is 0 Å². The molecule has 0 spiro atoms. The number of aromatic nitrogens is 1. The fourth-order valence-electron chi connectivity index (χ4n) is 0.952. The Kier molecular flexibility index (Phi) is 4.06. The molecular weight excluding hydrogens is 363 g/mol. The largest absolute Gasteiger partial charge is 0.573 e. The average Bonchev–Trinajstić information content (AvgIpc) is 2.18. The normalized spacial score (nSPS) is 11.4. The van der Waals surface area contributed by atoms with Crippen LogP contribution in [-0.2, 0) is 6.67 Å². The van der Waals surface area contributed by atoms with Crippen molar-refractivity contribution in [2.75, 3.05) is 0 Å². The molecule has 0 aromatic carbocycles. The number of nitrogens with zero attached hydrogens (tertiary/aromatic N) is 2. The summed E-state index contributed by atoms with van der Waals surface area (Å²) in [6, 6.07) is 0.600. The Balaban J connectivity index is 3.32. The maximum absolute atomic E-state index is 12.3. The Hall–Kier alpha value is -1.20. The van der Waals surface area contributed by atoms with Crippen LogP contribution in [0, 0.1) is 13.8 Å². The van der Waals surface area contributed by atoms with Crippen molar-refractivity contribution in [1.82, 2.24) is 4.98 Å². The quantitative estimate of drug-likeness (QED) is 0.271. The second-order valence-corrected chi connectivity index (χ2v) is 3.71. The maximum Gasteiger partial charge on any atom is 0.573 e. The molecule has 0 atom stereocenters. The van der Waals surface area contributed by atoms with Gasteiger partial charge in [0.2, 0.25) is 5.75 Å². The first-order valence-electron chi connectivity index (χ1n) is 3.90. The fraction of sp³-hybridized carbons (Fsp3) is 0.286. The van der Waals surface area contributed by atoms with Crippen molar-refractivity contribution in [3.8, 4) is 5.75 Å². The molecule has 1 aromatic rings. The summed E-state index contributed by atoms with van der Waals surface area (Å²) >= 11 is 1.30. The van der Waals surface area contributed by atoms with Crippen LogP contribution in [0.15, 0.2) is 6.07 Å². The molecule has 0 unspecified atom stereocenters. The van der Waals surface area contributed by atoms with Gasteiger partial charge in [-0.25, -0.2) is 9.37 Å². The minimum atomic E-state index is -5.08. The van der Waals surface area contributed by atoms with E-state index in [0.717, 1.165) is 0 Å². The lowest BCUT2D eigenvalue weighted by Gasteiger charge is -2.10. The zero-order chi connectivity index (χ0) is 13.2. The lowest BCUT2D eigenvalue weighted by molar-refractivity contribution is -0.389. The maximum atomic E-state index is 12.3. The summed E-state index contributed by atoms with van der Waals surface area (Å²) in [4.78, 5) is 12.8. The zero-order valence-corrected chi connectivity index (χ0v) is 9.95. The van der Waals surface area contributed by atoms with Crippen molar-refractivity contribution in [3.63, 3.8) is 0 Å². The van der Waals surface area contributed by atoms with Gasteiger partial charge in [-0.1, -0.05) is 0 Å². The summed E-state index contributed by atoms with van der Waals surface area (Å²) in [6.07, 6.45) is -5.08. The Morgan fingerprint density at radius 2 is 2.12 bits per heavy atom. The van der Waals surface area contributed by atoms with Crippen LogP contribution in [0.2, 0.25) is 0 Å². The van der Waals surface area contributed by atoms with Gasteiger partial charge in [-0.2, -0.15) is 0 Å². The second kappa shape index (κ2) is 4.98. The monoisotopic (exact) mass is 366 g/mol. The van der Waals surface area contributed by atoms with E-state index in [2.05, 4.69) is 9.72 Å². The number of halogens is 5. The van der Waals surface area contributed by atoms with Gasteiger partial charge in [0.25, 0.3) is 0 Å². The Labute approximate surface area is 105 Å². The fourth-order valence-corrected chi connectivity index (χ4v) is 1.65. The molecule has 17 heavy (non-hydrogen) atoms. The predicted molar refractivity (Wildman–Crippen MR) is 55.1 cm³/mol. The van der Waals surface area contributed by atoms with Gasteiger partial charge in [0.1, 0.15) is 6.67 Å². The second-order valence-electron chi connectivity index (χ2n) is 2.69. The van der Waals surface area contributed by atoms with E-state index in [1.807, 2.05) is 0 Å². The highest BCUT2D eigenvalue weighted by molar-refractivity contribution is 14.1. The molecule has 1 aromatic heterocycles. The topological polar surface area (TPSA) is 65.3 Å². The minimum absolute atomic E-state index is 0.337. The van der Waals surface area contributed by atoms with Crippen LogP contribution in [-0.4, -0.2) is 16.3 Å².